The first-order chi connectivity index (χ1) is 9.40. The highest BCUT2D eigenvalue weighted by molar-refractivity contribution is 6.30. The predicted molar refractivity (Wildman–Crippen MR) is 79.1 cm³/mol. The number of carboxylic acids is 1. The van der Waals surface area contributed by atoms with Crippen molar-refractivity contribution in [1.82, 2.24) is 4.90 Å². The number of hydrogen-bond acceptors (Lipinski definition) is 2. The molecule has 0 aliphatic rings. The Hall–Kier alpha value is -1.55. The predicted octanol–water partition coefficient (Wildman–Crippen LogP) is 3.30. The largest absolute Gasteiger partial charge is 0.481 e. The SMILES string of the molecule is CC(C)CCN(CCC(=O)O)C(=O)c1cccc(Cl)c1. The van der Waals surface area contributed by atoms with Crippen LogP contribution in [0.2, 0.25) is 5.02 Å². The zero-order valence-corrected chi connectivity index (χ0v) is 12.6. The maximum atomic E-state index is 12.4. The molecule has 0 unspecified atom stereocenters. The maximum absolute atomic E-state index is 12.4. The van der Waals surface area contributed by atoms with E-state index in [1.165, 1.54) is 0 Å². The van der Waals surface area contributed by atoms with Crippen LogP contribution in [0.15, 0.2) is 24.3 Å². The van der Waals surface area contributed by atoms with Crippen LogP contribution in [0.3, 0.4) is 0 Å². The van der Waals surface area contributed by atoms with Crippen LogP contribution in [0.4, 0.5) is 0 Å². The van der Waals surface area contributed by atoms with Crippen molar-refractivity contribution in [3.8, 4) is 0 Å². The summed E-state index contributed by atoms with van der Waals surface area (Å²) < 4.78 is 0. The number of carbonyl (C=O) groups is 2. The van der Waals surface area contributed by atoms with Crippen LogP contribution in [0, 0.1) is 5.92 Å². The molecule has 1 aromatic carbocycles. The van der Waals surface area contributed by atoms with E-state index in [0.717, 1.165) is 6.42 Å². The zero-order chi connectivity index (χ0) is 15.1. The molecule has 0 bridgehead atoms. The molecule has 4 nitrogen and oxygen atoms in total. The van der Waals surface area contributed by atoms with Crippen LogP contribution in [-0.2, 0) is 4.79 Å². The summed E-state index contributed by atoms with van der Waals surface area (Å²) in [6, 6.07) is 6.71. The molecule has 5 heteroatoms. The fraction of sp³-hybridized carbons (Fsp3) is 0.467. The summed E-state index contributed by atoms with van der Waals surface area (Å²) in [6.45, 7) is 4.90. The lowest BCUT2D eigenvalue weighted by molar-refractivity contribution is -0.137. The van der Waals surface area contributed by atoms with Gasteiger partial charge < -0.3 is 10.0 Å². The number of carboxylic acid groups (broad SMARTS) is 1. The van der Waals surface area contributed by atoms with Crippen molar-refractivity contribution in [2.75, 3.05) is 13.1 Å². The zero-order valence-electron chi connectivity index (χ0n) is 11.8. The summed E-state index contributed by atoms with van der Waals surface area (Å²) in [4.78, 5) is 24.7. The van der Waals surface area contributed by atoms with Gasteiger partial charge in [-0.2, -0.15) is 0 Å². The fourth-order valence-corrected chi connectivity index (χ4v) is 1.95. The highest BCUT2D eigenvalue weighted by atomic mass is 35.5. The third kappa shape index (κ3) is 5.61. The molecule has 110 valence electrons. The first kappa shape index (κ1) is 16.5. The van der Waals surface area contributed by atoms with Crippen LogP contribution >= 0.6 is 11.6 Å². The van der Waals surface area contributed by atoms with Crippen molar-refractivity contribution in [3.05, 3.63) is 34.9 Å². The minimum Gasteiger partial charge on any atom is -0.481 e. The lowest BCUT2D eigenvalue weighted by atomic mass is 10.1. The summed E-state index contributed by atoms with van der Waals surface area (Å²) in [5.74, 6) is -0.623. The molecule has 0 heterocycles. The van der Waals surface area contributed by atoms with Crippen LogP contribution < -0.4 is 0 Å². The van der Waals surface area contributed by atoms with E-state index in [1.807, 2.05) is 0 Å². The third-order valence-electron chi connectivity index (χ3n) is 2.93. The summed E-state index contributed by atoms with van der Waals surface area (Å²) in [5.41, 5.74) is 0.492. The van der Waals surface area contributed by atoms with Crippen molar-refractivity contribution < 1.29 is 14.7 Å². The number of amides is 1. The molecule has 0 fully saturated rings. The molecule has 1 aromatic rings. The lowest BCUT2D eigenvalue weighted by Gasteiger charge is -2.23. The molecular weight excluding hydrogens is 278 g/mol. The number of aliphatic carboxylic acids is 1. The van der Waals surface area contributed by atoms with Gasteiger partial charge in [0.2, 0.25) is 0 Å². The molecule has 20 heavy (non-hydrogen) atoms. The van der Waals surface area contributed by atoms with E-state index in [-0.39, 0.29) is 18.9 Å². The van der Waals surface area contributed by atoms with Gasteiger partial charge in [0.1, 0.15) is 0 Å². The summed E-state index contributed by atoms with van der Waals surface area (Å²) in [5, 5.41) is 9.28. The monoisotopic (exact) mass is 297 g/mol. The highest BCUT2D eigenvalue weighted by Gasteiger charge is 2.17. The highest BCUT2D eigenvalue weighted by Crippen LogP contribution is 2.14. The third-order valence-corrected chi connectivity index (χ3v) is 3.17. The van der Waals surface area contributed by atoms with E-state index >= 15 is 0 Å². The summed E-state index contributed by atoms with van der Waals surface area (Å²) in [7, 11) is 0. The second-order valence-electron chi connectivity index (χ2n) is 5.13. The van der Waals surface area contributed by atoms with E-state index in [0.29, 0.717) is 23.0 Å². The maximum Gasteiger partial charge on any atom is 0.305 e. The summed E-state index contributed by atoms with van der Waals surface area (Å²) >= 11 is 5.88. The van der Waals surface area contributed by atoms with E-state index < -0.39 is 5.97 Å². The number of benzene rings is 1. The van der Waals surface area contributed by atoms with Crippen LogP contribution in [-0.4, -0.2) is 35.0 Å². The second-order valence-corrected chi connectivity index (χ2v) is 5.57. The first-order valence-corrected chi connectivity index (χ1v) is 7.04. The van der Waals surface area contributed by atoms with Crippen LogP contribution in [0.1, 0.15) is 37.0 Å². The van der Waals surface area contributed by atoms with Gasteiger partial charge in [-0.25, -0.2) is 0 Å². The Morgan fingerprint density at radius 3 is 2.55 bits per heavy atom. The smallest absolute Gasteiger partial charge is 0.305 e. The number of nitrogens with zero attached hydrogens (tertiary/aromatic N) is 1. The van der Waals surface area contributed by atoms with Crippen molar-refractivity contribution >= 4 is 23.5 Å². The minimum absolute atomic E-state index is 0.0512. The van der Waals surface area contributed by atoms with Gasteiger partial charge in [-0.05, 0) is 30.5 Å². The van der Waals surface area contributed by atoms with Gasteiger partial charge in [-0.1, -0.05) is 31.5 Å². The Bertz CT molecular complexity index is 474. The van der Waals surface area contributed by atoms with E-state index in [9.17, 15) is 9.59 Å². The second kappa shape index (κ2) is 7.90. The van der Waals surface area contributed by atoms with Crippen molar-refractivity contribution in [1.29, 1.82) is 0 Å². The average molecular weight is 298 g/mol. The van der Waals surface area contributed by atoms with Gasteiger partial charge in [0.05, 0.1) is 6.42 Å². The van der Waals surface area contributed by atoms with Crippen molar-refractivity contribution in [2.45, 2.75) is 26.7 Å². The van der Waals surface area contributed by atoms with Gasteiger partial charge in [0.25, 0.3) is 5.91 Å². The molecule has 0 saturated heterocycles. The number of hydrogen-bond donors (Lipinski definition) is 1. The van der Waals surface area contributed by atoms with Gasteiger partial charge in [-0.15, -0.1) is 0 Å². The van der Waals surface area contributed by atoms with E-state index in [4.69, 9.17) is 16.7 Å². The Kier molecular flexibility index (Phi) is 6.52. The molecule has 0 aliphatic heterocycles. The molecule has 1 rings (SSSR count). The number of carbonyl (C=O) groups excluding carboxylic acids is 1. The van der Waals surface area contributed by atoms with Crippen molar-refractivity contribution in [3.63, 3.8) is 0 Å². The fourth-order valence-electron chi connectivity index (χ4n) is 1.76. The molecule has 0 saturated carbocycles. The quantitative estimate of drug-likeness (QED) is 0.840. The molecule has 0 atom stereocenters. The van der Waals surface area contributed by atoms with Gasteiger partial charge >= 0.3 is 5.97 Å². The Morgan fingerprint density at radius 1 is 1.30 bits per heavy atom. The average Bonchev–Trinajstić information content (AvgIpc) is 2.37. The minimum atomic E-state index is -0.904. The number of halogens is 1. The van der Waals surface area contributed by atoms with E-state index in [2.05, 4.69) is 13.8 Å². The first-order valence-electron chi connectivity index (χ1n) is 6.66. The Labute approximate surface area is 124 Å². The molecule has 0 aliphatic carbocycles. The normalized spacial score (nSPS) is 10.6. The standard InChI is InChI=1S/C15H20ClNO3/c1-11(2)6-8-17(9-7-14(18)19)15(20)12-4-3-5-13(16)10-12/h3-5,10-11H,6-9H2,1-2H3,(H,18,19). The Morgan fingerprint density at radius 2 is 2.00 bits per heavy atom. The van der Waals surface area contributed by atoms with Gasteiger partial charge in [-0.3, -0.25) is 9.59 Å². The van der Waals surface area contributed by atoms with Crippen LogP contribution in [0.5, 0.6) is 0 Å². The van der Waals surface area contributed by atoms with Gasteiger partial charge in [0, 0.05) is 23.7 Å². The van der Waals surface area contributed by atoms with E-state index in [1.54, 1.807) is 29.2 Å². The molecular formula is C15H20ClNO3. The van der Waals surface area contributed by atoms with Crippen LogP contribution in [0.25, 0.3) is 0 Å². The van der Waals surface area contributed by atoms with Crippen molar-refractivity contribution in [2.24, 2.45) is 5.92 Å². The molecule has 1 N–H and O–H groups in total. The number of rotatable bonds is 7. The van der Waals surface area contributed by atoms with Gasteiger partial charge in [0.15, 0.2) is 0 Å². The molecule has 0 aromatic heterocycles. The topological polar surface area (TPSA) is 57.6 Å². The Balaban J connectivity index is 2.79. The summed E-state index contributed by atoms with van der Waals surface area (Å²) in [6.07, 6.45) is 0.788. The molecule has 1 amide bonds. The molecule has 0 radical (unpaired) electrons. The molecule has 0 spiro atoms. The lowest BCUT2D eigenvalue weighted by Crippen LogP contribution is -2.34.